The molecule has 2 nitrogen and oxygen atoms in total. The summed E-state index contributed by atoms with van der Waals surface area (Å²) in [5.41, 5.74) is 5.12. The number of terminal acetylenes is 1. The van der Waals surface area contributed by atoms with Gasteiger partial charge in [0.25, 0.3) is 0 Å². The average Bonchev–Trinajstić information content (AvgIpc) is 3.83. The van der Waals surface area contributed by atoms with Gasteiger partial charge in [0.05, 0.1) is 30.3 Å². The average molecular weight is 627 g/mol. The standard InChI is InChI=1S/C37H29O2.C5H5.Fe/c1-4-25-38-36-28-35(37(39-26-5-2)27-34(36)6-3)24-23-33-21-19-32(20-22-33)18-17-31-15-13-30(14-16-31)12-11-29-9-7-8-10-29;1-2-4-5-3-1;/h3,7-10,13-16,19-22,27-28H,4-5,25-26H2,1-2H3;1-5H;/q;;+2. The van der Waals surface area contributed by atoms with Crippen LogP contribution in [0, 0.1) is 112 Å². The van der Waals surface area contributed by atoms with Crippen LogP contribution in [0.5, 0.6) is 11.5 Å². The summed E-state index contributed by atoms with van der Waals surface area (Å²) in [5.74, 6) is 24.3. The van der Waals surface area contributed by atoms with Gasteiger partial charge in [0, 0.05) is 34.4 Å². The van der Waals surface area contributed by atoms with Crippen LogP contribution in [0.3, 0.4) is 0 Å². The molecular weight excluding hydrogens is 592 g/mol. The molecule has 0 heterocycles. The van der Waals surface area contributed by atoms with E-state index in [0.29, 0.717) is 30.3 Å². The molecule has 3 aromatic carbocycles. The van der Waals surface area contributed by atoms with Gasteiger partial charge in [0.1, 0.15) is 11.5 Å². The van der Waals surface area contributed by atoms with Gasteiger partial charge in [-0.15, -0.1) is 6.42 Å². The third kappa shape index (κ3) is 12.1. The molecule has 0 spiro atoms. The van der Waals surface area contributed by atoms with Crippen molar-refractivity contribution >= 4 is 0 Å². The Morgan fingerprint density at radius 1 is 0.511 bits per heavy atom. The third-order valence-electron chi connectivity index (χ3n) is 6.19. The van der Waals surface area contributed by atoms with Gasteiger partial charge in [0.15, 0.2) is 0 Å². The predicted octanol–water partition coefficient (Wildman–Crippen LogP) is 7.82. The second-order valence-electron chi connectivity index (χ2n) is 9.73. The first-order valence-electron chi connectivity index (χ1n) is 14.7. The Balaban J connectivity index is 0.000000837. The Morgan fingerprint density at radius 2 is 0.889 bits per heavy atom. The molecule has 220 valence electrons. The maximum Gasteiger partial charge on any atom is 2.00 e. The summed E-state index contributed by atoms with van der Waals surface area (Å²) < 4.78 is 11.8. The Hall–Kier alpha value is -3.98. The molecule has 0 aromatic heterocycles. The minimum absolute atomic E-state index is 0. The van der Waals surface area contributed by atoms with Crippen LogP contribution in [0.25, 0.3) is 0 Å². The summed E-state index contributed by atoms with van der Waals surface area (Å²) in [7, 11) is 0. The first-order chi connectivity index (χ1) is 21.7. The van der Waals surface area contributed by atoms with Crippen molar-refractivity contribution in [2.24, 2.45) is 0 Å². The molecular formula is C42H34FeO2+2. The Bertz CT molecular complexity index is 1560. The summed E-state index contributed by atoms with van der Waals surface area (Å²) in [5, 5.41) is 0. The monoisotopic (exact) mass is 626 g/mol. The van der Waals surface area contributed by atoms with E-state index in [1.807, 2.05) is 118 Å². The number of rotatable bonds is 6. The molecule has 0 bridgehead atoms. The van der Waals surface area contributed by atoms with E-state index in [-0.39, 0.29) is 17.1 Å². The van der Waals surface area contributed by atoms with E-state index in [1.54, 1.807) is 0 Å². The van der Waals surface area contributed by atoms with Crippen LogP contribution in [-0.4, -0.2) is 13.2 Å². The largest absolute Gasteiger partial charge is 2.00 e. The third-order valence-corrected chi connectivity index (χ3v) is 6.19. The van der Waals surface area contributed by atoms with E-state index in [9.17, 15) is 0 Å². The Morgan fingerprint density at radius 3 is 1.31 bits per heavy atom. The first-order valence-corrected chi connectivity index (χ1v) is 14.7. The van der Waals surface area contributed by atoms with Gasteiger partial charge in [-0.1, -0.05) is 55.3 Å². The molecule has 2 aliphatic carbocycles. The number of ether oxygens (including phenoxy) is 2. The van der Waals surface area contributed by atoms with Crippen LogP contribution in [0.1, 0.15) is 60.1 Å². The topological polar surface area (TPSA) is 18.5 Å². The molecule has 0 atom stereocenters. The van der Waals surface area contributed by atoms with Crippen LogP contribution in [0.2, 0.25) is 0 Å². The second kappa shape index (κ2) is 20.1. The van der Waals surface area contributed by atoms with E-state index < -0.39 is 0 Å². The van der Waals surface area contributed by atoms with Gasteiger partial charge in [-0.25, -0.2) is 0 Å². The molecule has 0 aliphatic heterocycles. The molecule has 0 saturated heterocycles. The molecule has 3 aromatic rings. The molecule has 45 heavy (non-hydrogen) atoms. The van der Waals surface area contributed by atoms with Gasteiger partial charge in [-0.2, -0.15) is 0 Å². The van der Waals surface area contributed by atoms with Crippen LogP contribution in [0.4, 0.5) is 0 Å². The van der Waals surface area contributed by atoms with E-state index in [0.717, 1.165) is 46.6 Å². The predicted molar refractivity (Wildman–Crippen MR) is 180 cm³/mol. The van der Waals surface area contributed by atoms with Crippen molar-refractivity contribution in [2.45, 2.75) is 26.7 Å². The number of hydrogen-bond donors (Lipinski definition) is 0. The minimum atomic E-state index is 0. The minimum Gasteiger partial charge on any atom is -0.492 e. The molecule has 0 N–H and O–H groups in total. The van der Waals surface area contributed by atoms with Crippen molar-refractivity contribution in [1.29, 1.82) is 0 Å². The van der Waals surface area contributed by atoms with Gasteiger partial charge in [-0.3, -0.25) is 0 Å². The second-order valence-corrected chi connectivity index (χ2v) is 9.73. The molecule has 5 rings (SSSR count). The molecule has 3 heteroatoms. The maximum atomic E-state index is 5.93. The van der Waals surface area contributed by atoms with E-state index in [2.05, 4.69) is 55.3 Å². The zero-order valence-corrected chi connectivity index (χ0v) is 26.6. The summed E-state index contributed by atoms with van der Waals surface area (Å²) in [6, 6.07) is 19.6. The summed E-state index contributed by atoms with van der Waals surface area (Å²) in [6.45, 7) is 5.30. The molecule has 2 fully saturated rings. The molecule has 2 aliphatic rings. The molecule has 2 saturated carbocycles. The van der Waals surface area contributed by atoms with Crippen molar-refractivity contribution in [3.63, 3.8) is 0 Å². The van der Waals surface area contributed by atoms with E-state index >= 15 is 0 Å². The van der Waals surface area contributed by atoms with Crippen molar-refractivity contribution in [1.82, 2.24) is 0 Å². The van der Waals surface area contributed by atoms with Crippen LogP contribution >= 0.6 is 0 Å². The quantitative estimate of drug-likeness (QED) is 0.205. The van der Waals surface area contributed by atoms with Gasteiger partial charge in [-0.05, 0) is 119 Å². The molecule has 0 amide bonds. The van der Waals surface area contributed by atoms with Crippen molar-refractivity contribution in [3.8, 4) is 59.4 Å². The summed E-state index contributed by atoms with van der Waals surface area (Å²) in [6.07, 6.45) is 25.5. The number of hydrogen-bond acceptors (Lipinski definition) is 2. The Kier molecular flexibility index (Phi) is 15.9. The number of benzene rings is 3. The van der Waals surface area contributed by atoms with Crippen molar-refractivity contribution in [2.75, 3.05) is 13.2 Å². The van der Waals surface area contributed by atoms with E-state index in [1.165, 1.54) is 0 Å². The zero-order valence-electron chi connectivity index (χ0n) is 25.5. The van der Waals surface area contributed by atoms with Gasteiger partial charge in [0.2, 0.25) is 0 Å². The zero-order chi connectivity index (χ0) is 30.8. The van der Waals surface area contributed by atoms with E-state index in [4.69, 9.17) is 15.9 Å². The van der Waals surface area contributed by atoms with Crippen LogP contribution < -0.4 is 9.47 Å². The molecule has 10 radical (unpaired) electrons. The van der Waals surface area contributed by atoms with Gasteiger partial charge < -0.3 is 9.47 Å². The van der Waals surface area contributed by atoms with Crippen molar-refractivity contribution in [3.05, 3.63) is 158 Å². The molecule has 0 unspecified atom stereocenters. The van der Waals surface area contributed by atoms with Crippen molar-refractivity contribution < 1.29 is 26.5 Å². The normalized spacial score (nSPS) is 13.2. The fourth-order valence-electron chi connectivity index (χ4n) is 3.91. The smallest absolute Gasteiger partial charge is 0.492 e. The van der Waals surface area contributed by atoms with Crippen LogP contribution in [-0.2, 0) is 17.1 Å². The first kappa shape index (κ1) is 35.5. The fourth-order valence-corrected chi connectivity index (χ4v) is 3.91. The Labute approximate surface area is 282 Å². The maximum absolute atomic E-state index is 5.93. The van der Waals surface area contributed by atoms with Crippen LogP contribution in [0.15, 0.2) is 60.7 Å². The SMILES string of the molecule is C#Cc1cc(OCCC)c(C#Cc2ccc(C#Cc3ccc(C#C[C]4[CH][CH][CH][CH]4)cc3)cc2)cc1OCCC.[CH]1[CH][CH][CH][CH]1.[Fe+2]. The summed E-state index contributed by atoms with van der Waals surface area (Å²) in [4.78, 5) is 0. The fraction of sp³-hybridized carbons (Fsp3) is 0.143. The van der Waals surface area contributed by atoms with Gasteiger partial charge >= 0.3 is 17.1 Å². The summed E-state index contributed by atoms with van der Waals surface area (Å²) >= 11 is 0.